The quantitative estimate of drug-likeness (QED) is 0.375. The summed E-state index contributed by atoms with van der Waals surface area (Å²) in [6, 6.07) is 21.8. The lowest BCUT2D eigenvalue weighted by Crippen LogP contribution is -2.31. The molecule has 1 atom stereocenters. The third-order valence-electron chi connectivity index (χ3n) is 6.23. The number of benzene rings is 3. The lowest BCUT2D eigenvalue weighted by Gasteiger charge is -2.29. The van der Waals surface area contributed by atoms with Crippen LogP contribution in [0.1, 0.15) is 18.5 Å². The fraction of sp³-hybridized carbons (Fsp3) is 0.179. The molecule has 1 aromatic heterocycles. The van der Waals surface area contributed by atoms with Gasteiger partial charge >= 0.3 is 0 Å². The van der Waals surface area contributed by atoms with Crippen molar-refractivity contribution in [2.24, 2.45) is 0 Å². The molecule has 0 saturated carbocycles. The number of fused-ring (bicyclic) bond motifs is 1. The van der Waals surface area contributed by atoms with E-state index in [0.717, 1.165) is 11.1 Å². The average Bonchev–Trinajstić information content (AvgIpc) is 3.35. The number of carbonyl (C=O) groups excluding carboxylic acids is 1. The summed E-state index contributed by atoms with van der Waals surface area (Å²) < 4.78 is 18.4. The Balaban J connectivity index is 1.65. The summed E-state index contributed by atoms with van der Waals surface area (Å²) in [6.45, 7) is 1.85. The molecule has 0 bridgehead atoms. The number of rotatable bonds is 7. The smallest absolute Gasteiger partial charge is 0.255 e. The summed E-state index contributed by atoms with van der Waals surface area (Å²) >= 11 is 0. The highest BCUT2D eigenvalue weighted by Gasteiger charge is 2.36. The van der Waals surface area contributed by atoms with E-state index < -0.39 is 6.04 Å². The molecular weight excluding hydrogens is 470 g/mol. The summed E-state index contributed by atoms with van der Waals surface area (Å²) in [7, 11) is 4.78. The van der Waals surface area contributed by atoms with E-state index in [9.17, 15) is 4.79 Å². The summed E-state index contributed by atoms with van der Waals surface area (Å²) in [6.07, 6.45) is 0. The SMILES string of the molecule is COc1ccccc1NC(=O)C1=C(C)Nc2nc(-c3ccccc3OC)nn2C1c1ccccc1OC. The second kappa shape index (κ2) is 10.1. The van der Waals surface area contributed by atoms with Crippen molar-refractivity contribution >= 4 is 17.5 Å². The predicted octanol–water partition coefficient (Wildman–Crippen LogP) is 4.90. The Kier molecular flexibility index (Phi) is 6.51. The number of hydrogen-bond acceptors (Lipinski definition) is 7. The van der Waals surface area contributed by atoms with Crippen LogP contribution in [-0.2, 0) is 4.79 Å². The van der Waals surface area contributed by atoms with Crippen LogP contribution in [0.3, 0.4) is 0 Å². The number of aromatic nitrogens is 3. The first kappa shape index (κ1) is 23.9. The van der Waals surface area contributed by atoms with Gasteiger partial charge in [-0.05, 0) is 37.3 Å². The van der Waals surface area contributed by atoms with Crippen LogP contribution < -0.4 is 24.8 Å². The van der Waals surface area contributed by atoms with Crippen LogP contribution in [0.4, 0.5) is 11.6 Å². The molecule has 4 aromatic rings. The normalized spacial score (nSPS) is 14.4. The van der Waals surface area contributed by atoms with Crippen LogP contribution in [0.25, 0.3) is 11.4 Å². The van der Waals surface area contributed by atoms with E-state index in [0.29, 0.717) is 46.0 Å². The molecule has 1 aliphatic heterocycles. The molecule has 0 saturated heterocycles. The fourth-order valence-electron chi connectivity index (χ4n) is 4.51. The number of nitrogens with one attached hydrogen (secondary N) is 2. The van der Waals surface area contributed by atoms with Crippen LogP contribution in [-0.4, -0.2) is 42.0 Å². The Labute approximate surface area is 214 Å². The highest BCUT2D eigenvalue weighted by Crippen LogP contribution is 2.41. The van der Waals surface area contributed by atoms with Crippen molar-refractivity contribution in [2.75, 3.05) is 32.0 Å². The van der Waals surface area contributed by atoms with E-state index in [-0.39, 0.29) is 5.91 Å². The summed E-state index contributed by atoms with van der Waals surface area (Å²) in [5, 5.41) is 11.1. The number of carbonyl (C=O) groups is 1. The zero-order valence-electron chi connectivity index (χ0n) is 21.0. The van der Waals surface area contributed by atoms with Gasteiger partial charge in [0.05, 0.1) is 38.2 Å². The minimum absolute atomic E-state index is 0.301. The van der Waals surface area contributed by atoms with Gasteiger partial charge in [0.15, 0.2) is 5.82 Å². The molecule has 2 N–H and O–H groups in total. The molecule has 37 heavy (non-hydrogen) atoms. The van der Waals surface area contributed by atoms with Gasteiger partial charge in [0, 0.05) is 11.3 Å². The van der Waals surface area contributed by atoms with E-state index in [4.69, 9.17) is 24.3 Å². The minimum Gasteiger partial charge on any atom is -0.496 e. The zero-order valence-corrected chi connectivity index (χ0v) is 21.0. The maximum Gasteiger partial charge on any atom is 0.255 e. The van der Waals surface area contributed by atoms with Crippen LogP contribution in [0.15, 0.2) is 84.1 Å². The molecular formula is C28H27N5O4. The predicted molar refractivity (Wildman–Crippen MR) is 141 cm³/mol. The van der Waals surface area contributed by atoms with Gasteiger partial charge in [-0.1, -0.05) is 42.5 Å². The third-order valence-corrected chi connectivity index (χ3v) is 6.23. The topological polar surface area (TPSA) is 99.5 Å². The Hall–Kier alpha value is -4.79. The van der Waals surface area contributed by atoms with Crippen LogP contribution in [0.2, 0.25) is 0 Å². The van der Waals surface area contributed by atoms with Crippen molar-refractivity contribution in [1.82, 2.24) is 14.8 Å². The molecule has 9 heteroatoms. The Morgan fingerprint density at radius 3 is 2.22 bits per heavy atom. The molecule has 9 nitrogen and oxygen atoms in total. The maximum atomic E-state index is 13.8. The second-order valence-electron chi connectivity index (χ2n) is 8.37. The molecule has 188 valence electrons. The lowest BCUT2D eigenvalue weighted by molar-refractivity contribution is -0.113. The molecule has 2 heterocycles. The minimum atomic E-state index is -0.613. The maximum absolute atomic E-state index is 13.8. The summed E-state index contributed by atoms with van der Waals surface area (Å²) in [4.78, 5) is 18.6. The summed E-state index contributed by atoms with van der Waals surface area (Å²) in [5.41, 5.74) is 3.20. The number of nitrogens with zero attached hydrogens (tertiary/aromatic N) is 3. The van der Waals surface area contributed by atoms with E-state index >= 15 is 0 Å². The van der Waals surface area contributed by atoms with Gasteiger partial charge in [0.1, 0.15) is 23.3 Å². The van der Waals surface area contributed by atoms with E-state index in [1.54, 1.807) is 38.1 Å². The number of amides is 1. The largest absolute Gasteiger partial charge is 0.496 e. The van der Waals surface area contributed by atoms with Crippen LogP contribution >= 0.6 is 0 Å². The average molecular weight is 498 g/mol. The van der Waals surface area contributed by atoms with E-state index in [1.807, 2.05) is 67.6 Å². The molecule has 3 aromatic carbocycles. The van der Waals surface area contributed by atoms with E-state index in [2.05, 4.69) is 10.6 Å². The summed E-state index contributed by atoms with van der Waals surface area (Å²) in [5.74, 6) is 2.52. The Morgan fingerprint density at radius 1 is 0.865 bits per heavy atom. The standard InChI is InChI=1S/C28H27N5O4/c1-17-24(27(34)30-20-13-7-10-16-23(20)37-4)25(18-11-5-8-14-21(18)35-2)33-28(29-17)31-26(32-33)19-12-6-9-15-22(19)36-3/h5-16,25H,1-4H3,(H,30,34)(H,29,31,32). The number of methoxy groups -OCH3 is 3. The van der Waals surface area contributed by atoms with Crippen molar-refractivity contribution in [2.45, 2.75) is 13.0 Å². The molecule has 1 unspecified atom stereocenters. The first-order valence-electron chi connectivity index (χ1n) is 11.7. The van der Waals surface area contributed by atoms with Crippen molar-refractivity contribution in [1.29, 1.82) is 0 Å². The van der Waals surface area contributed by atoms with Gasteiger partial charge in [0.2, 0.25) is 5.95 Å². The fourth-order valence-corrected chi connectivity index (χ4v) is 4.51. The lowest BCUT2D eigenvalue weighted by atomic mass is 9.94. The highest BCUT2D eigenvalue weighted by molar-refractivity contribution is 6.06. The van der Waals surface area contributed by atoms with Crippen molar-refractivity contribution in [3.8, 4) is 28.6 Å². The molecule has 1 aliphatic rings. The monoisotopic (exact) mass is 497 g/mol. The Bertz CT molecular complexity index is 1490. The zero-order chi connectivity index (χ0) is 25.9. The number of para-hydroxylation sites is 4. The molecule has 5 rings (SSSR count). The van der Waals surface area contributed by atoms with Gasteiger partial charge < -0.3 is 24.8 Å². The van der Waals surface area contributed by atoms with Crippen molar-refractivity contribution < 1.29 is 19.0 Å². The highest BCUT2D eigenvalue weighted by atomic mass is 16.5. The van der Waals surface area contributed by atoms with E-state index in [1.165, 1.54) is 0 Å². The molecule has 0 fully saturated rings. The first-order valence-corrected chi connectivity index (χ1v) is 11.7. The molecule has 0 spiro atoms. The number of anilines is 2. The van der Waals surface area contributed by atoms with Gasteiger partial charge in [-0.3, -0.25) is 4.79 Å². The van der Waals surface area contributed by atoms with Gasteiger partial charge in [0.25, 0.3) is 5.91 Å². The van der Waals surface area contributed by atoms with Gasteiger partial charge in [-0.25, -0.2) is 4.68 Å². The van der Waals surface area contributed by atoms with Crippen molar-refractivity contribution in [3.63, 3.8) is 0 Å². The molecule has 0 aliphatic carbocycles. The van der Waals surface area contributed by atoms with Crippen LogP contribution in [0, 0.1) is 0 Å². The van der Waals surface area contributed by atoms with Gasteiger partial charge in [-0.15, -0.1) is 5.10 Å². The molecule has 1 amide bonds. The van der Waals surface area contributed by atoms with Crippen LogP contribution in [0.5, 0.6) is 17.2 Å². The second-order valence-corrected chi connectivity index (χ2v) is 8.37. The Morgan fingerprint density at radius 2 is 1.49 bits per heavy atom. The third kappa shape index (κ3) is 4.35. The number of allylic oxidation sites excluding steroid dienone is 1. The number of ether oxygens (including phenoxy) is 3. The number of hydrogen-bond donors (Lipinski definition) is 2. The van der Waals surface area contributed by atoms with Crippen molar-refractivity contribution in [3.05, 3.63) is 89.6 Å². The van der Waals surface area contributed by atoms with Gasteiger partial charge in [-0.2, -0.15) is 4.98 Å². The molecule has 0 radical (unpaired) electrons. The first-order chi connectivity index (χ1) is 18.0.